The van der Waals surface area contributed by atoms with Crippen molar-refractivity contribution in [1.82, 2.24) is 4.31 Å². The van der Waals surface area contributed by atoms with Crippen molar-refractivity contribution in [1.29, 1.82) is 0 Å². The van der Waals surface area contributed by atoms with Gasteiger partial charge in [-0.3, -0.25) is 0 Å². The Kier molecular flexibility index (Phi) is 4.87. The molecule has 0 saturated carbocycles. The molecule has 4 nitrogen and oxygen atoms in total. The summed E-state index contributed by atoms with van der Waals surface area (Å²) < 4.78 is 33.2. The van der Waals surface area contributed by atoms with Gasteiger partial charge in [0.2, 0.25) is 10.0 Å². The highest BCUT2D eigenvalue weighted by molar-refractivity contribution is 7.89. The van der Waals surface area contributed by atoms with E-state index in [4.69, 9.17) is 4.74 Å². The fourth-order valence-electron chi connectivity index (χ4n) is 3.54. The largest absolute Gasteiger partial charge is 0.496 e. The van der Waals surface area contributed by atoms with E-state index in [1.54, 1.807) is 17.5 Å². The monoisotopic (exact) mass is 325 g/mol. The predicted octanol–water partition coefficient (Wildman–Crippen LogP) is 3.29. The number of ether oxygens (including phenoxy) is 1. The summed E-state index contributed by atoms with van der Waals surface area (Å²) in [6, 6.07) is 1.75. The minimum Gasteiger partial charge on any atom is -0.496 e. The van der Waals surface area contributed by atoms with E-state index in [9.17, 15) is 8.42 Å². The highest BCUT2D eigenvalue weighted by atomic mass is 32.2. The Morgan fingerprint density at radius 3 is 2.14 bits per heavy atom. The Balaban J connectivity index is 2.50. The Morgan fingerprint density at radius 2 is 1.64 bits per heavy atom. The van der Waals surface area contributed by atoms with Crippen LogP contribution in [0, 0.1) is 32.6 Å². The van der Waals surface area contributed by atoms with Gasteiger partial charge >= 0.3 is 0 Å². The summed E-state index contributed by atoms with van der Waals surface area (Å²) in [5.74, 6) is 1.58. The van der Waals surface area contributed by atoms with Gasteiger partial charge in [-0.25, -0.2) is 8.42 Å². The van der Waals surface area contributed by atoms with Crippen molar-refractivity contribution in [2.45, 2.75) is 45.9 Å². The molecule has 0 N–H and O–H groups in total. The maximum absolute atomic E-state index is 13.1. The average Bonchev–Trinajstić information content (AvgIpc) is 2.42. The van der Waals surface area contributed by atoms with E-state index in [1.165, 1.54) is 0 Å². The normalized spacial score (nSPS) is 23.5. The zero-order chi connectivity index (χ0) is 16.7. The Labute approximate surface area is 134 Å². The molecule has 1 aromatic carbocycles. The lowest BCUT2D eigenvalue weighted by molar-refractivity contribution is 0.222. The van der Waals surface area contributed by atoms with Gasteiger partial charge in [-0.1, -0.05) is 13.8 Å². The van der Waals surface area contributed by atoms with Crippen molar-refractivity contribution in [3.8, 4) is 5.75 Å². The third-order valence-electron chi connectivity index (χ3n) is 4.64. The Bertz CT molecular complexity index is 657. The molecule has 1 fully saturated rings. The number of sulfonamides is 1. The second-order valence-electron chi connectivity index (χ2n) is 6.74. The molecule has 0 spiro atoms. The Hall–Kier alpha value is -1.07. The molecule has 0 radical (unpaired) electrons. The van der Waals surface area contributed by atoms with E-state index in [0.29, 0.717) is 29.8 Å². The lowest BCUT2D eigenvalue weighted by Gasteiger charge is -2.34. The molecule has 0 amide bonds. The summed E-state index contributed by atoms with van der Waals surface area (Å²) in [6.45, 7) is 11.1. The van der Waals surface area contributed by atoms with E-state index in [2.05, 4.69) is 13.8 Å². The summed E-state index contributed by atoms with van der Waals surface area (Å²) in [7, 11) is -1.83. The first-order chi connectivity index (χ1) is 10.2. The van der Waals surface area contributed by atoms with Crippen LogP contribution < -0.4 is 4.74 Å². The zero-order valence-corrected chi connectivity index (χ0v) is 15.3. The number of rotatable bonds is 3. The molecule has 0 aromatic heterocycles. The van der Waals surface area contributed by atoms with E-state index in [-0.39, 0.29) is 0 Å². The quantitative estimate of drug-likeness (QED) is 0.857. The van der Waals surface area contributed by atoms with Gasteiger partial charge in [-0.2, -0.15) is 4.31 Å². The minimum absolute atomic E-state index is 0.402. The topological polar surface area (TPSA) is 46.6 Å². The van der Waals surface area contributed by atoms with E-state index < -0.39 is 10.0 Å². The molecule has 1 heterocycles. The molecule has 124 valence electrons. The fourth-order valence-corrected chi connectivity index (χ4v) is 5.59. The number of piperidine rings is 1. The van der Waals surface area contributed by atoms with Crippen LogP contribution in [0.1, 0.15) is 37.0 Å². The van der Waals surface area contributed by atoms with Gasteiger partial charge in [0.25, 0.3) is 0 Å². The molecule has 0 unspecified atom stereocenters. The Morgan fingerprint density at radius 1 is 1.09 bits per heavy atom. The van der Waals surface area contributed by atoms with Gasteiger partial charge in [-0.05, 0) is 61.8 Å². The van der Waals surface area contributed by atoms with E-state index in [0.717, 1.165) is 28.9 Å². The van der Waals surface area contributed by atoms with E-state index >= 15 is 0 Å². The van der Waals surface area contributed by atoms with Gasteiger partial charge in [0.15, 0.2) is 0 Å². The van der Waals surface area contributed by atoms with Crippen LogP contribution in [0.4, 0.5) is 0 Å². The van der Waals surface area contributed by atoms with Crippen LogP contribution in [0.5, 0.6) is 5.75 Å². The van der Waals surface area contributed by atoms with Crippen molar-refractivity contribution in [2.75, 3.05) is 20.2 Å². The predicted molar refractivity (Wildman–Crippen MR) is 88.9 cm³/mol. The summed E-state index contributed by atoms with van der Waals surface area (Å²) in [5.41, 5.74) is 2.55. The van der Waals surface area contributed by atoms with Crippen molar-refractivity contribution < 1.29 is 13.2 Å². The van der Waals surface area contributed by atoms with Gasteiger partial charge < -0.3 is 4.74 Å². The molecule has 2 atom stereocenters. The number of aryl methyl sites for hydroxylation is 1. The van der Waals surface area contributed by atoms with Crippen LogP contribution >= 0.6 is 0 Å². The number of hydrogen-bond donors (Lipinski definition) is 0. The second kappa shape index (κ2) is 6.20. The SMILES string of the molecule is COc1c(C)cc(S(=O)(=O)N2C[C@H](C)C[C@@H](C)C2)c(C)c1C. The van der Waals surface area contributed by atoms with Crippen LogP contribution in [0.2, 0.25) is 0 Å². The summed E-state index contributed by atoms with van der Waals surface area (Å²) in [6.07, 6.45) is 1.09. The smallest absolute Gasteiger partial charge is 0.243 e. The number of methoxy groups -OCH3 is 1. The number of hydrogen-bond acceptors (Lipinski definition) is 3. The van der Waals surface area contributed by atoms with Crippen molar-refractivity contribution in [3.63, 3.8) is 0 Å². The molecular formula is C17H27NO3S. The van der Waals surface area contributed by atoms with Gasteiger partial charge in [0.05, 0.1) is 12.0 Å². The van der Waals surface area contributed by atoms with Gasteiger partial charge in [0, 0.05) is 13.1 Å². The molecule has 5 heteroatoms. The first kappa shape index (κ1) is 17.3. The fraction of sp³-hybridized carbons (Fsp3) is 0.647. The highest BCUT2D eigenvalue weighted by Gasteiger charge is 2.33. The van der Waals surface area contributed by atoms with Gasteiger partial charge in [-0.15, -0.1) is 0 Å². The summed E-state index contributed by atoms with van der Waals surface area (Å²) >= 11 is 0. The zero-order valence-electron chi connectivity index (χ0n) is 14.4. The van der Waals surface area contributed by atoms with Crippen LogP contribution in [0.3, 0.4) is 0 Å². The first-order valence-corrected chi connectivity index (χ1v) is 9.27. The second-order valence-corrected chi connectivity index (χ2v) is 8.65. The van der Waals surface area contributed by atoms with Crippen molar-refractivity contribution >= 4 is 10.0 Å². The van der Waals surface area contributed by atoms with Crippen LogP contribution in [0.25, 0.3) is 0 Å². The van der Waals surface area contributed by atoms with Crippen LogP contribution in [-0.4, -0.2) is 32.9 Å². The molecule has 1 aromatic rings. The van der Waals surface area contributed by atoms with Crippen molar-refractivity contribution in [3.05, 3.63) is 22.8 Å². The third kappa shape index (κ3) is 3.01. The van der Waals surface area contributed by atoms with Crippen molar-refractivity contribution in [2.24, 2.45) is 11.8 Å². The lowest BCUT2D eigenvalue weighted by atomic mass is 9.94. The molecule has 1 aliphatic rings. The first-order valence-electron chi connectivity index (χ1n) is 7.83. The van der Waals surface area contributed by atoms with Gasteiger partial charge in [0.1, 0.15) is 5.75 Å². The van der Waals surface area contributed by atoms with Crippen LogP contribution in [-0.2, 0) is 10.0 Å². The average molecular weight is 325 g/mol. The molecule has 1 aliphatic heterocycles. The maximum atomic E-state index is 13.1. The minimum atomic E-state index is -3.45. The standard InChI is InChI=1S/C17H27NO3S/c1-11-7-12(2)10-18(9-11)22(19,20)16-8-13(3)17(21-6)15(5)14(16)4/h8,11-12H,7,9-10H2,1-6H3/t11-,12-/m1/s1. The van der Waals surface area contributed by atoms with Crippen LogP contribution in [0.15, 0.2) is 11.0 Å². The molecule has 2 rings (SSSR count). The summed E-state index contributed by atoms with van der Waals surface area (Å²) in [5, 5.41) is 0. The molecular weight excluding hydrogens is 298 g/mol. The third-order valence-corrected chi connectivity index (χ3v) is 6.59. The summed E-state index contributed by atoms with van der Waals surface area (Å²) in [4.78, 5) is 0.421. The maximum Gasteiger partial charge on any atom is 0.243 e. The molecule has 0 aliphatic carbocycles. The van der Waals surface area contributed by atoms with E-state index in [1.807, 2.05) is 20.8 Å². The molecule has 22 heavy (non-hydrogen) atoms. The highest BCUT2D eigenvalue weighted by Crippen LogP contribution is 2.34. The molecule has 1 saturated heterocycles. The lowest BCUT2D eigenvalue weighted by Crippen LogP contribution is -2.42. The molecule has 0 bridgehead atoms. The number of nitrogens with zero attached hydrogens (tertiary/aromatic N) is 1. The number of benzene rings is 1.